The molecule has 11 heteroatoms. The third-order valence-electron chi connectivity index (χ3n) is 11.0. The molecule has 2 saturated carbocycles. The molecule has 252 valence electrons. The second kappa shape index (κ2) is 11.9. The van der Waals surface area contributed by atoms with Crippen molar-refractivity contribution in [3.63, 3.8) is 0 Å². The van der Waals surface area contributed by atoms with Crippen LogP contribution in [0.25, 0.3) is 10.8 Å². The molecule has 2 bridgehead atoms. The lowest BCUT2D eigenvalue weighted by Crippen LogP contribution is -2.42. The third kappa shape index (κ3) is 4.89. The fraction of sp³-hybridized carbons (Fsp3) is 0.282. The van der Waals surface area contributed by atoms with Crippen molar-refractivity contribution in [2.45, 2.75) is 29.5 Å². The van der Waals surface area contributed by atoms with Gasteiger partial charge in [-0.2, -0.15) is 0 Å². The van der Waals surface area contributed by atoms with Gasteiger partial charge >= 0.3 is 4.87 Å². The maximum absolute atomic E-state index is 14.1. The van der Waals surface area contributed by atoms with Crippen LogP contribution in [-0.2, 0) is 14.4 Å². The van der Waals surface area contributed by atoms with Crippen LogP contribution in [0.4, 0.5) is 11.4 Å². The predicted octanol–water partition coefficient (Wildman–Crippen LogP) is 6.60. The maximum Gasteiger partial charge on any atom is 0.305 e. The number of nitrogens with one attached hydrogen (secondary N) is 2. The number of hydrogen-bond donors (Lipinski definition) is 2. The SMILES string of the molecule is COc1cc([C@H]2c3sc(=O)[nH]c3SC3C2[C@H]2C[C@@H]3C3C(=O)N(c4ccc(C)cc4)C(=O)C32)ccc1OCC(=O)Nc1ccc2ccccc2c1. The van der Waals surface area contributed by atoms with E-state index < -0.39 is 0 Å². The number of aryl methyl sites for hydroxylation is 1. The molecule has 0 radical (unpaired) electrons. The zero-order valence-corrected chi connectivity index (χ0v) is 28.9. The molecule has 4 aliphatic rings. The summed E-state index contributed by atoms with van der Waals surface area (Å²) in [4.78, 5) is 58.9. The van der Waals surface area contributed by atoms with Crippen LogP contribution < -0.4 is 24.6 Å². The minimum atomic E-state index is -0.388. The molecule has 9 nitrogen and oxygen atoms in total. The fourth-order valence-electron chi connectivity index (χ4n) is 8.94. The summed E-state index contributed by atoms with van der Waals surface area (Å²) in [7, 11) is 1.56. The summed E-state index contributed by atoms with van der Waals surface area (Å²) in [6.45, 7) is 1.77. The molecule has 50 heavy (non-hydrogen) atoms. The van der Waals surface area contributed by atoms with Crippen LogP contribution in [0.1, 0.15) is 28.3 Å². The maximum atomic E-state index is 14.1. The summed E-state index contributed by atoms with van der Waals surface area (Å²) in [5.74, 6) is -0.488. The molecule has 9 rings (SSSR count). The summed E-state index contributed by atoms with van der Waals surface area (Å²) < 4.78 is 11.7. The van der Waals surface area contributed by atoms with Gasteiger partial charge in [-0.25, -0.2) is 0 Å². The van der Waals surface area contributed by atoms with Gasteiger partial charge in [0.15, 0.2) is 18.1 Å². The first kappa shape index (κ1) is 31.1. The van der Waals surface area contributed by atoms with E-state index in [0.717, 1.165) is 38.2 Å². The molecule has 2 aliphatic carbocycles. The highest BCUT2D eigenvalue weighted by atomic mass is 32.2. The largest absolute Gasteiger partial charge is 0.493 e. The summed E-state index contributed by atoms with van der Waals surface area (Å²) in [5, 5.41) is 5.93. The Bertz CT molecular complexity index is 2260. The number of nitrogens with zero attached hydrogens (tertiary/aromatic N) is 1. The highest BCUT2D eigenvalue weighted by molar-refractivity contribution is 8.00. The second-order valence-corrected chi connectivity index (χ2v) is 15.8. The third-order valence-corrected chi connectivity index (χ3v) is 13.5. The molecule has 1 saturated heterocycles. The van der Waals surface area contributed by atoms with Gasteiger partial charge in [0.2, 0.25) is 11.8 Å². The van der Waals surface area contributed by atoms with Gasteiger partial charge in [0, 0.05) is 21.7 Å². The first-order valence-corrected chi connectivity index (χ1v) is 18.4. The Morgan fingerprint density at radius 2 is 1.66 bits per heavy atom. The zero-order valence-electron chi connectivity index (χ0n) is 27.3. The number of thioether (sulfide) groups is 1. The van der Waals surface area contributed by atoms with E-state index in [-0.39, 0.29) is 70.0 Å². The van der Waals surface area contributed by atoms with Crippen LogP contribution in [0, 0.1) is 36.5 Å². The number of methoxy groups -OCH3 is 1. The smallest absolute Gasteiger partial charge is 0.305 e. The van der Waals surface area contributed by atoms with E-state index in [1.807, 2.05) is 91.9 Å². The molecule has 2 N–H and O–H groups in total. The molecule has 4 aromatic carbocycles. The number of fused-ring (bicyclic) bond motifs is 10. The van der Waals surface area contributed by atoms with Crippen LogP contribution in [0.15, 0.2) is 94.7 Å². The molecule has 3 fully saturated rings. The number of carbonyl (C=O) groups excluding carboxylic acids is 3. The first-order valence-electron chi connectivity index (χ1n) is 16.7. The van der Waals surface area contributed by atoms with Crippen LogP contribution in [0.3, 0.4) is 0 Å². The number of amides is 3. The number of aromatic nitrogens is 1. The van der Waals surface area contributed by atoms with Crippen molar-refractivity contribution in [1.82, 2.24) is 4.98 Å². The van der Waals surface area contributed by atoms with Crippen molar-refractivity contribution >= 4 is 63.0 Å². The molecule has 1 aromatic heterocycles. The highest BCUT2D eigenvalue weighted by Gasteiger charge is 2.69. The Kier molecular flexibility index (Phi) is 7.40. The summed E-state index contributed by atoms with van der Waals surface area (Å²) >= 11 is 2.87. The number of aromatic amines is 1. The number of imide groups is 1. The summed E-state index contributed by atoms with van der Waals surface area (Å²) in [6.07, 6.45) is 0.803. The molecule has 7 atom stereocenters. The van der Waals surface area contributed by atoms with E-state index in [1.54, 1.807) is 18.9 Å². The normalized spacial score (nSPS) is 26.1. The predicted molar refractivity (Wildman–Crippen MR) is 193 cm³/mol. The van der Waals surface area contributed by atoms with Gasteiger partial charge in [0.05, 0.1) is 29.7 Å². The average Bonchev–Trinajstić information content (AvgIpc) is 3.86. The number of H-pyrrole nitrogens is 1. The molecular formula is C39H33N3O6S2. The van der Waals surface area contributed by atoms with Gasteiger partial charge < -0.3 is 19.8 Å². The van der Waals surface area contributed by atoms with Gasteiger partial charge in [-0.15, -0.1) is 11.8 Å². The van der Waals surface area contributed by atoms with Crippen molar-refractivity contribution in [1.29, 1.82) is 0 Å². The summed E-state index contributed by atoms with van der Waals surface area (Å²) in [6, 6.07) is 27.0. The minimum absolute atomic E-state index is 0.00882. The van der Waals surface area contributed by atoms with Crippen LogP contribution >= 0.6 is 23.1 Å². The molecule has 5 aromatic rings. The standard InChI is InChI=1S/C39H33N3O6S2/c1-19-7-12-24(13-8-19)42-37(44)32-25-17-26(33(32)38(42)45)34-31(25)30(35-36(49-34)41-39(46)50-35)22-10-14-27(28(16-22)47-2)48-18-29(43)40-23-11-9-20-5-3-4-6-21(20)15-23/h3-16,25-26,30-34H,17-18H2,1-2H3,(H,40,43)(H,41,46)/t25-,26-,30-,31?,32?,33?,34?/m1/s1. The molecule has 0 spiro atoms. The van der Waals surface area contributed by atoms with Gasteiger partial charge in [-0.1, -0.05) is 65.4 Å². The van der Waals surface area contributed by atoms with E-state index >= 15 is 0 Å². The van der Waals surface area contributed by atoms with Crippen molar-refractivity contribution in [3.8, 4) is 11.5 Å². The molecular weight excluding hydrogens is 671 g/mol. The second-order valence-electron chi connectivity index (χ2n) is 13.6. The van der Waals surface area contributed by atoms with Crippen molar-refractivity contribution < 1.29 is 23.9 Å². The molecule has 4 unspecified atom stereocenters. The quantitative estimate of drug-likeness (QED) is 0.184. The van der Waals surface area contributed by atoms with E-state index in [0.29, 0.717) is 22.9 Å². The van der Waals surface area contributed by atoms with Gasteiger partial charge in [-0.05, 0) is 83.8 Å². The topological polar surface area (TPSA) is 118 Å². The Hall–Kier alpha value is -4.87. The van der Waals surface area contributed by atoms with Crippen LogP contribution in [0.2, 0.25) is 0 Å². The van der Waals surface area contributed by atoms with Crippen molar-refractivity contribution in [2.24, 2.45) is 29.6 Å². The van der Waals surface area contributed by atoms with Gasteiger partial charge in [-0.3, -0.25) is 24.1 Å². The average molecular weight is 704 g/mol. The van der Waals surface area contributed by atoms with Crippen molar-refractivity contribution in [3.05, 3.63) is 111 Å². The number of benzene rings is 4. The Balaban J connectivity index is 0.990. The Morgan fingerprint density at radius 1 is 0.900 bits per heavy atom. The molecule has 2 aliphatic heterocycles. The molecule has 3 heterocycles. The van der Waals surface area contributed by atoms with Gasteiger partial charge in [0.1, 0.15) is 0 Å². The lowest BCUT2D eigenvalue weighted by atomic mass is 9.68. The zero-order chi connectivity index (χ0) is 34.3. The number of hydrogen-bond acceptors (Lipinski definition) is 8. The minimum Gasteiger partial charge on any atom is -0.493 e. The summed E-state index contributed by atoms with van der Waals surface area (Å²) in [5.41, 5.74) is 3.32. The van der Waals surface area contributed by atoms with Crippen molar-refractivity contribution in [2.75, 3.05) is 23.9 Å². The Labute approximate surface area is 296 Å². The first-order chi connectivity index (χ1) is 24.3. The number of carbonyl (C=O) groups is 3. The van der Waals surface area contributed by atoms with Crippen LogP contribution in [-0.4, -0.2) is 41.7 Å². The Morgan fingerprint density at radius 3 is 2.44 bits per heavy atom. The number of rotatable bonds is 7. The lowest BCUT2D eigenvalue weighted by molar-refractivity contribution is -0.123. The highest BCUT2D eigenvalue weighted by Crippen LogP contribution is 2.68. The van der Waals surface area contributed by atoms with Crippen LogP contribution in [0.5, 0.6) is 11.5 Å². The van der Waals surface area contributed by atoms with Gasteiger partial charge in [0.25, 0.3) is 5.91 Å². The van der Waals surface area contributed by atoms with E-state index in [2.05, 4.69) is 10.3 Å². The van der Waals surface area contributed by atoms with E-state index in [1.165, 1.54) is 16.2 Å². The fourth-order valence-corrected chi connectivity index (χ4v) is 11.8. The van der Waals surface area contributed by atoms with E-state index in [9.17, 15) is 19.2 Å². The number of anilines is 2. The lowest BCUT2D eigenvalue weighted by Gasteiger charge is -2.43. The monoisotopic (exact) mass is 703 g/mol. The molecule has 3 amide bonds. The number of ether oxygens (including phenoxy) is 2. The van der Waals surface area contributed by atoms with E-state index in [4.69, 9.17) is 9.47 Å². The number of thiazole rings is 1.